The van der Waals surface area contributed by atoms with Gasteiger partial charge in [0.1, 0.15) is 5.75 Å². The number of thioether (sulfide) groups is 1. The number of ether oxygens (including phenoxy) is 1. The Balaban J connectivity index is 1.90. The van der Waals surface area contributed by atoms with Crippen LogP contribution in [0.5, 0.6) is 5.75 Å². The maximum absolute atomic E-state index is 12.3. The summed E-state index contributed by atoms with van der Waals surface area (Å²) >= 11 is 7.56. The molecule has 2 amide bonds. The molecule has 0 bridgehead atoms. The molecule has 0 fully saturated rings. The molecule has 0 atom stereocenters. The normalized spacial score (nSPS) is 10.6. The molecule has 0 aliphatic heterocycles. The highest BCUT2D eigenvalue weighted by molar-refractivity contribution is 7.98. The number of halogens is 1. The number of benzene rings is 2. The van der Waals surface area contributed by atoms with Gasteiger partial charge in [-0.2, -0.15) is 0 Å². The molecule has 0 aromatic heterocycles. The van der Waals surface area contributed by atoms with Crippen molar-refractivity contribution >= 4 is 35.2 Å². The third kappa shape index (κ3) is 6.48. The molecule has 2 N–H and O–H groups in total. The van der Waals surface area contributed by atoms with E-state index in [4.69, 9.17) is 16.3 Å². The van der Waals surface area contributed by atoms with Gasteiger partial charge in [0.25, 0.3) is 11.8 Å². The van der Waals surface area contributed by atoms with Crippen molar-refractivity contribution in [3.63, 3.8) is 0 Å². The Kier molecular flexibility index (Phi) is 8.00. The van der Waals surface area contributed by atoms with Crippen LogP contribution >= 0.6 is 23.4 Å². The van der Waals surface area contributed by atoms with Gasteiger partial charge in [0.15, 0.2) is 0 Å². The first kappa shape index (κ1) is 21.1. The third-order valence-corrected chi connectivity index (χ3v) is 4.84. The van der Waals surface area contributed by atoms with Gasteiger partial charge in [-0.05, 0) is 61.1 Å². The van der Waals surface area contributed by atoms with Gasteiger partial charge in [0, 0.05) is 10.5 Å². The van der Waals surface area contributed by atoms with Gasteiger partial charge in [-0.15, -0.1) is 11.8 Å². The highest BCUT2D eigenvalue weighted by Gasteiger charge is 2.13. The molecule has 0 saturated carbocycles. The summed E-state index contributed by atoms with van der Waals surface area (Å²) in [4.78, 5) is 25.4. The minimum Gasteiger partial charge on any atom is -0.494 e. The van der Waals surface area contributed by atoms with Crippen LogP contribution in [0.2, 0.25) is 5.02 Å². The van der Waals surface area contributed by atoms with E-state index in [0.717, 1.165) is 11.3 Å². The molecular formula is C20H23ClN2O3S. The Morgan fingerprint density at radius 2 is 1.74 bits per heavy atom. The lowest BCUT2D eigenvalue weighted by molar-refractivity contribution is 0.0846. The Hall–Kier alpha value is -2.18. The van der Waals surface area contributed by atoms with Crippen molar-refractivity contribution in [2.75, 3.05) is 12.9 Å². The van der Waals surface area contributed by atoms with Crippen LogP contribution in [-0.4, -0.2) is 24.7 Å². The van der Waals surface area contributed by atoms with Gasteiger partial charge in [-0.3, -0.25) is 20.4 Å². The van der Waals surface area contributed by atoms with Crippen molar-refractivity contribution in [2.24, 2.45) is 5.92 Å². The lowest BCUT2D eigenvalue weighted by atomic mass is 10.1. The number of rotatable bonds is 7. The minimum absolute atomic E-state index is 0.303. The van der Waals surface area contributed by atoms with E-state index in [1.807, 2.05) is 12.3 Å². The van der Waals surface area contributed by atoms with E-state index in [1.54, 1.807) is 36.4 Å². The van der Waals surface area contributed by atoms with Crippen molar-refractivity contribution in [3.8, 4) is 5.75 Å². The minimum atomic E-state index is -0.474. The first-order valence-electron chi connectivity index (χ1n) is 8.57. The van der Waals surface area contributed by atoms with Crippen LogP contribution in [-0.2, 0) is 0 Å². The SMILES string of the molecule is CSc1ccc(Cl)c(C(=O)NNC(=O)c2ccc(OCCC(C)C)cc2)c1. The van der Waals surface area contributed by atoms with Gasteiger partial charge in [0.2, 0.25) is 0 Å². The number of hydrogen-bond acceptors (Lipinski definition) is 4. The molecule has 27 heavy (non-hydrogen) atoms. The molecule has 144 valence electrons. The molecule has 0 unspecified atom stereocenters. The quantitative estimate of drug-likeness (QED) is 0.522. The summed E-state index contributed by atoms with van der Waals surface area (Å²) in [5.74, 6) is 0.382. The molecule has 0 aliphatic rings. The average molecular weight is 407 g/mol. The second-order valence-corrected chi connectivity index (χ2v) is 7.60. The van der Waals surface area contributed by atoms with Crippen LogP contribution in [0.1, 0.15) is 41.0 Å². The van der Waals surface area contributed by atoms with E-state index in [1.165, 1.54) is 11.8 Å². The molecule has 7 heteroatoms. The maximum atomic E-state index is 12.3. The third-order valence-electron chi connectivity index (χ3n) is 3.79. The zero-order chi connectivity index (χ0) is 19.8. The van der Waals surface area contributed by atoms with E-state index in [9.17, 15) is 9.59 Å². The summed E-state index contributed by atoms with van der Waals surface area (Å²) in [7, 11) is 0. The lowest BCUT2D eigenvalue weighted by Gasteiger charge is -2.10. The van der Waals surface area contributed by atoms with Crippen LogP contribution < -0.4 is 15.6 Å². The maximum Gasteiger partial charge on any atom is 0.271 e. The van der Waals surface area contributed by atoms with Crippen molar-refractivity contribution in [1.82, 2.24) is 10.9 Å². The Morgan fingerprint density at radius 3 is 2.37 bits per heavy atom. The fourth-order valence-corrected chi connectivity index (χ4v) is 2.82. The summed E-state index contributed by atoms with van der Waals surface area (Å²) in [6.07, 6.45) is 2.87. The van der Waals surface area contributed by atoms with E-state index < -0.39 is 11.8 Å². The number of hydrogen-bond donors (Lipinski definition) is 2. The molecule has 0 radical (unpaired) electrons. The first-order valence-corrected chi connectivity index (χ1v) is 10.2. The standard InChI is InChI=1S/C20H23ClN2O3S/c1-13(2)10-11-26-15-6-4-14(5-7-15)19(24)22-23-20(25)17-12-16(27-3)8-9-18(17)21/h4-9,12-13H,10-11H2,1-3H3,(H,22,24)(H,23,25). The van der Waals surface area contributed by atoms with Crippen LogP contribution in [0.4, 0.5) is 0 Å². The van der Waals surface area contributed by atoms with Crippen molar-refractivity contribution < 1.29 is 14.3 Å². The van der Waals surface area contributed by atoms with Gasteiger partial charge in [0.05, 0.1) is 17.2 Å². The van der Waals surface area contributed by atoms with Gasteiger partial charge >= 0.3 is 0 Å². The van der Waals surface area contributed by atoms with Crippen LogP contribution in [0.3, 0.4) is 0 Å². The Labute approximate surface area is 168 Å². The van der Waals surface area contributed by atoms with Crippen LogP contribution in [0.25, 0.3) is 0 Å². The smallest absolute Gasteiger partial charge is 0.271 e. The summed E-state index contributed by atoms with van der Waals surface area (Å²) in [6.45, 7) is 4.90. The molecule has 5 nitrogen and oxygen atoms in total. The molecule has 2 aromatic carbocycles. The summed E-state index contributed by atoms with van der Waals surface area (Å²) in [5.41, 5.74) is 5.50. The van der Waals surface area contributed by atoms with E-state index in [2.05, 4.69) is 24.7 Å². The predicted octanol–water partition coefficient (Wildman–Crippen LogP) is 4.56. The fraction of sp³-hybridized carbons (Fsp3) is 0.300. The Morgan fingerprint density at radius 1 is 1.07 bits per heavy atom. The average Bonchev–Trinajstić information content (AvgIpc) is 2.66. The van der Waals surface area contributed by atoms with Gasteiger partial charge < -0.3 is 4.74 Å². The van der Waals surface area contributed by atoms with E-state index in [-0.39, 0.29) is 0 Å². The zero-order valence-corrected chi connectivity index (χ0v) is 17.1. The summed E-state index contributed by atoms with van der Waals surface area (Å²) < 4.78 is 5.62. The van der Waals surface area contributed by atoms with E-state index in [0.29, 0.717) is 34.4 Å². The van der Waals surface area contributed by atoms with Gasteiger partial charge in [-0.25, -0.2) is 0 Å². The molecule has 2 aromatic rings. The predicted molar refractivity (Wildman–Crippen MR) is 110 cm³/mol. The largest absolute Gasteiger partial charge is 0.494 e. The number of nitrogens with one attached hydrogen (secondary N) is 2. The zero-order valence-electron chi connectivity index (χ0n) is 15.5. The fourth-order valence-electron chi connectivity index (χ4n) is 2.17. The van der Waals surface area contributed by atoms with Crippen LogP contribution in [0, 0.1) is 5.92 Å². The van der Waals surface area contributed by atoms with Crippen molar-refractivity contribution in [2.45, 2.75) is 25.2 Å². The molecule has 0 aliphatic carbocycles. The monoisotopic (exact) mass is 406 g/mol. The lowest BCUT2D eigenvalue weighted by Crippen LogP contribution is -2.41. The van der Waals surface area contributed by atoms with Crippen molar-refractivity contribution in [3.05, 3.63) is 58.6 Å². The number of amides is 2. The highest BCUT2D eigenvalue weighted by atomic mass is 35.5. The van der Waals surface area contributed by atoms with E-state index >= 15 is 0 Å². The Bertz CT molecular complexity index is 794. The van der Waals surface area contributed by atoms with Crippen LogP contribution in [0.15, 0.2) is 47.4 Å². The topological polar surface area (TPSA) is 67.4 Å². The number of hydrazine groups is 1. The molecular weight excluding hydrogens is 384 g/mol. The summed E-state index contributed by atoms with van der Waals surface area (Å²) in [6, 6.07) is 11.9. The second-order valence-electron chi connectivity index (χ2n) is 6.31. The molecule has 0 heterocycles. The van der Waals surface area contributed by atoms with Gasteiger partial charge in [-0.1, -0.05) is 25.4 Å². The summed E-state index contributed by atoms with van der Waals surface area (Å²) in [5, 5.41) is 0.322. The second kappa shape index (κ2) is 10.2. The van der Waals surface area contributed by atoms with Crippen molar-refractivity contribution in [1.29, 1.82) is 0 Å². The number of carbonyl (C=O) groups is 2. The first-order chi connectivity index (χ1) is 12.9. The molecule has 0 spiro atoms. The molecule has 0 saturated heterocycles. The highest BCUT2D eigenvalue weighted by Crippen LogP contribution is 2.22. The molecule has 2 rings (SSSR count). The number of carbonyl (C=O) groups excluding carboxylic acids is 2.